The van der Waals surface area contributed by atoms with E-state index >= 15 is 0 Å². The van der Waals surface area contributed by atoms with Crippen molar-refractivity contribution in [3.05, 3.63) is 47.3 Å². The zero-order chi connectivity index (χ0) is 18.7. The zero-order valence-electron chi connectivity index (χ0n) is 15.3. The topological polar surface area (TPSA) is 78.4 Å². The molecule has 1 aromatic carbocycles. The van der Waals surface area contributed by atoms with Gasteiger partial charge < -0.3 is 15.1 Å². The number of anilines is 2. The first kappa shape index (κ1) is 17.8. The highest BCUT2D eigenvalue weighted by Crippen LogP contribution is 2.19. The fourth-order valence-electron chi connectivity index (χ4n) is 2.90. The van der Waals surface area contributed by atoms with Crippen LogP contribution in [0.15, 0.2) is 30.6 Å². The number of hydrogen-bond donors (Lipinski definition) is 1. The second-order valence-electron chi connectivity index (χ2n) is 6.54. The van der Waals surface area contributed by atoms with Gasteiger partial charge in [0.05, 0.1) is 5.56 Å². The molecule has 7 nitrogen and oxygen atoms in total. The first-order chi connectivity index (χ1) is 12.4. The van der Waals surface area contributed by atoms with Gasteiger partial charge >= 0.3 is 0 Å². The predicted molar refractivity (Wildman–Crippen MR) is 99.4 cm³/mol. The molecule has 2 amide bonds. The van der Waals surface area contributed by atoms with Crippen LogP contribution in [0.1, 0.15) is 28.4 Å². The van der Waals surface area contributed by atoms with E-state index in [1.165, 1.54) is 0 Å². The van der Waals surface area contributed by atoms with Gasteiger partial charge in [0.15, 0.2) is 0 Å². The highest BCUT2D eigenvalue weighted by Gasteiger charge is 2.23. The third-order valence-corrected chi connectivity index (χ3v) is 4.55. The Balaban J connectivity index is 1.65. The van der Waals surface area contributed by atoms with Crippen molar-refractivity contribution in [2.45, 2.75) is 20.8 Å². The quantitative estimate of drug-likeness (QED) is 0.915. The largest absolute Gasteiger partial charge is 0.339 e. The van der Waals surface area contributed by atoms with Crippen molar-refractivity contribution in [1.82, 2.24) is 19.8 Å². The molecule has 1 saturated heterocycles. The van der Waals surface area contributed by atoms with Gasteiger partial charge in [0.1, 0.15) is 0 Å². The molecule has 2 heterocycles. The molecule has 1 N–H and O–H groups in total. The van der Waals surface area contributed by atoms with Crippen molar-refractivity contribution >= 4 is 23.5 Å². The van der Waals surface area contributed by atoms with Crippen LogP contribution in [0.3, 0.4) is 0 Å². The number of rotatable bonds is 3. The number of piperazine rings is 1. The van der Waals surface area contributed by atoms with Crippen molar-refractivity contribution in [2.75, 3.05) is 31.5 Å². The summed E-state index contributed by atoms with van der Waals surface area (Å²) in [6.45, 7) is 7.77. The molecular weight excluding hydrogens is 330 g/mol. The lowest BCUT2D eigenvalue weighted by atomic mass is 10.1. The van der Waals surface area contributed by atoms with Crippen LogP contribution < -0.4 is 5.32 Å². The van der Waals surface area contributed by atoms with Gasteiger partial charge in [-0.2, -0.15) is 0 Å². The van der Waals surface area contributed by atoms with Gasteiger partial charge in [-0.15, -0.1) is 0 Å². The van der Waals surface area contributed by atoms with E-state index in [-0.39, 0.29) is 11.8 Å². The van der Waals surface area contributed by atoms with E-state index in [1.807, 2.05) is 26.0 Å². The van der Waals surface area contributed by atoms with Crippen LogP contribution in [0.2, 0.25) is 0 Å². The Morgan fingerprint density at radius 2 is 1.62 bits per heavy atom. The van der Waals surface area contributed by atoms with E-state index < -0.39 is 0 Å². The van der Waals surface area contributed by atoms with Crippen molar-refractivity contribution < 1.29 is 9.59 Å². The van der Waals surface area contributed by atoms with Crippen LogP contribution in [0, 0.1) is 13.8 Å². The summed E-state index contributed by atoms with van der Waals surface area (Å²) in [5.74, 6) is 0.394. The minimum Gasteiger partial charge on any atom is -0.339 e. The summed E-state index contributed by atoms with van der Waals surface area (Å²) >= 11 is 0. The van der Waals surface area contributed by atoms with E-state index in [4.69, 9.17) is 0 Å². The normalized spacial score (nSPS) is 14.3. The van der Waals surface area contributed by atoms with Gasteiger partial charge in [0, 0.05) is 51.2 Å². The molecule has 0 saturated carbocycles. The van der Waals surface area contributed by atoms with Gasteiger partial charge in [-0.25, -0.2) is 9.97 Å². The van der Waals surface area contributed by atoms with E-state index in [9.17, 15) is 9.59 Å². The molecule has 3 rings (SSSR count). The monoisotopic (exact) mass is 353 g/mol. The molecule has 7 heteroatoms. The number of carbonyl (C=O) groups excluding carboxylic acids is 2. The predicted octanol–water partition coefficient (Wildman–Crippen LogP) is 2.14. The maximum atomic E-state index is 12.6. The molecule has 0 atom stereocenters. The molecule has 0 radical (unpaired) electrons. The smallest absolute Gasteiger partial charge is 0.257 e. The Bertz CT molecular complexity index is 811. The van der Waals surface area contributed by atoms with Gasteiger partial charge in [-0.05, 0) is 31.0 Å². The second-order valence-corrected chi connectivity index (χ2v) is 6.54. The molecular formula is C19H23N5O2. The maximum absolute atomic E-state index is 12.6. The number of nitrogens with one attached hydrogen (secondary N) is 1. The van der Waals surface area contributed by atoms with Crippen molar-refractivity contribution in [3.8, 4) is 0 Å². The standard InChI is InChI=1S/C19H23N5O2/c1-13-4-5-14(2)17(10-13)22-19-20-11-16(12-21-19)18(26)24-8-6-23(7-9-24)15(3)25/h4-5,10-12H,6-9H2,1-3H3,(H,20,21,22). The summed E-state index contributed by atoms with van der Waals surface area (Å²) in [5, 5.41) is 3.19. The summed E-state index contributed by atoms with van der Waals surface area (Å²) < 4.78 is 0. The lowest BCUT2D eigenvalue weighted by molar-refractivity contribution is -0.130. The fraction of sp³-hybridized carbons (Fsp3) is 0.368. The number of amides is 2. The zero-order valence-corrected chi connectivity index (χ0v) is 15.3. The third kappa shape index (κ3) is 3.99. The molecule has 1 aliphatic heterocycles. The summed E-state index contributed by atoms with van der Waals surface area (Å²) in [6.07, 6.45) is 3.08. The average molecular weight is 353 g/mol. The number of hydrogen-bond acceptors (Lipinski definition) is 5. The Kier molecular flexibility index (Phi) is 5.16. The maximum Gasteiger partial charge on any atom is 0.257 e. The van der Waals surface area contributed by atoms with Crippen LogP contribution in [0.5, 0.6) is 0 Å². The van der Waals surface area contributed by atoms with Crippen LogP contribution in [-0.2, 0) is 4.79 Å². The first-order valence-corrected chi connectivity index (χ1v) is 8.65. The average Bonchev–Trinajstić information content (AvgIpc) is 2.65. The lowest BCUT2D eigenvalue weighted by Gasteiger charge is -2.34. The molecule has 136 valence electrons. The Labute approximate surface area is 153 Å². The van der Waals surface area contributed by atoms with Crippen LogP contribution >= 0.6 is 0 Å². The molecule has 0 unspecified atom stereocenters. The Morgan fingerprint density at radius 3 is 2.23 bits per heavy atom. The Morgan fingerprint density at radius 1 is 1.00 bits per heavy atom. The van der Waals surface area contributed by atoms with E-state index in [0.717, 1.165) is 16.8 Å². The van der Waals surface area contributed by atoms with Gasteiger partial charge in [0.25, 0.3) is 5.91 Å². The first-order valence-electron chi connectivity index (χ1n) is 8.65. The second kappa shape index (κ2) is 7.51. The molecule has 0 bridgehead atoms. The van der Waals surface area contributed by atoms with Crippen LogP contribution in [0.4, 0.5) is 11.6 Å². The van der Waals surface area contributed by atoms with Crippen molar-refractivity contribution in [2.24, 2.45) is 0 Å². The molecule has 1 fully saturated rings. The van der Waals surface area contributed by atoms with Crippen LogP contribution in [0.25, 0.3) is 0 Å². The molecule has 1 aromatic heterocycles. The van der Waals surface area contributed by atoms with Gasteiger partial charge in [-0.3, -0.25) is 9.59 Å². The van der Waals surface area contributed by atoms with E-state index in [2.05, 4.69) is 21.4 Å². The Hall–Kier alpha value is -2.96. The lowest BCUT2D eigenvalue weighted by Crippen LogP contribution is -2.50. The molecule has 1 aliphatic rings. The van der Waals surface area contributed by atoms with Crippen LogP contribution in [-0.4, -0.2) is 57.8 Å². The summed E-state index contributed by atoms with van der Waals surface area (Å²) in [4.78, 5) is 36.0. The SMILES string of the molecule is CC(=O)N1CCN(C(=O)c2cnc(Nc3cc(C)ccc3C)nc2)CC1. The third-order valence-electron chi connectivity index (χ3n) is 4.55. The number of aromatic nitrogens is 2. The minimum atomic E-state index is -0.105. The molecule has 0 spiro atoms. The number of benzene rings is 1. The summed E-state index contributed by atoms with van der Waals surface area (Å²) in [6, 6.07) is 6.12. The van der Waals surface area contributed by atoms with Gasteiger partial charge in [-0.1, -0.05) is 12.1 Å². The number of aryl methyl sites for hydroxylation is 2. The minimum absolute atomic E-state index is 0.0438. The molecule has 0 aliphatic carbocycles. The summed E-state index contributed by atoms with van der Waals surface area (Å²) in [7, 11) is 0. The molecule has 2 aromatic rings. The van der Waals surface area contributed by atoms with E-state index in [0.29, 0.717) is 37.7 Å². The van der Waals surface area contributed by atoms with E-state index in [1.54, 1.807) is 29.1 Å². The number of nitrogens with zero attached hydrogens (tertiary/aromatic N) is 4. The van der Waals surface area contributed by atoms with Crippen molar-refractivity contribution in [3.63, 3.8) is 0 Å². The highest BCUT2D eigenvalue weighted by atomic mass is 16.2. The highest BCUT2D eigenvalue weighted by molar-refractivity contribution is 5.94. The summed E-state index contributed by atoms with van der Waals surface area (Å²) in [5.41, 5.74) is 3.65. The number of carbonyl (C=O) groups is 2. The molecule has 26 heavy (non-hydrogen) atoms. The fourth-order valence-corrected chi connectivity index (χ4v) is 2.90. The van der Waals surface area contributed by atoms with Gasteiger partial charge in [0.2, 0.25) is 11.9 Å². The van der Waals surface area contributed by atoms with Crippen molar-refractivity contribution in [1.29, 1.82) is 0 Å².